The summed E-state index contributed by atoms with van der Waals surface area (Å²) in [6.07, 6.45) is 0.790. The van der Waals surface area contributed by atoms with Gasteiger partial charge in [0, 0.05) is 18.1 Å². The molecule has 0 unspecified atom stereocenters. The van der Waals surface area contributed by atoms with Crippen LogP contribution in [-0.4, -0.2) is 29.3 Å². The van der Waals surface area contributed by atoms with Gasteiger partial charge in [-0.1, -0.05) is 67.1 Å². The molecule has 2 aromatic rings. The minimum Gasteiger partial charge on any atom is -0.355 e. The van der Waals surface area contributed by atoms with Crippen LogP contribution in [0.25, 0.3) is 0 Å². The van der Waals surface area contributed by atoms with Crippen molar-refractivity contribution in [2.24, 2.45) is 0 Å². The maximum Gasteiger partial charge on any atom is 0.242 e. The molecule has 0 saturated carbocycles. The molecule has 0 bridgehead atoms. The number of amides is 2. The molecule has 0 heterocycles. The Kier molecular flexibility index (Phi) is 7.67. The van der Waals surface area contributed by atoms with Gasteiger partial charge >= 0.3 is 0 Å². The number of rotatable bonds is 8. The summed E-state index contributed by atoms with van der Waals surface area (Å²) in [5.74, 6) is -0.224. The first kappa shape index (κ1) is 20.0. The fourth-order valence-corrected chi connectivity index (χ4v) is 3.09. The van der Waals surface area contributed by atoms with Crippen molar-refractivity contribution in [1.82, 2.24) is 10.2 Å². The average Bonchev–Trinajstić information content (AvgIpc) is 2.64. The van der Waals surface area contributed by atoms with Crippen molar-refractivity contribution in [2.45, 2.75) is 39.3 Å². The highest BCUT2D eigenvalue weighted by Crippen LogP contribution is 2.20. The third kappa shape index (κ3) is 5.33. The Labute approximate surface area is 160 Å². The van der Waals surface area contributed by atoms with Crippen LogP contribution in [0.5, 0.6) is 0 Å². The van der Waals surface area contributed by atoms with E-state index >= 15 is 0 Å². The standard InChI is InChI=1S/C21H25ClN2O2/c1-3-19(21(26)23-4-2)24(15-17-12-8-9-13-18(17)22)20(25)14-16-10-6-5-7-11-16/h5-13,19H,3-4,14-15H2,1-2H3,(H,23,26)/t19-/m1/s1. The number of halogens is 1. The maximum absolute atomic E-state index is 13.0. The highest BCUT2D eigenvalue weighted by Gasteiger charge is 2.28. The first-order valence-electron chi connectivity index (χ1n) is 8.91. The maximum atomic E-state index is 13.0. The van der Waals surface area contributed by atoms with E-state index in [0.29, 0.717) is 24.5 Å². The molecule has 1 atom stereocenters. The predicted molar refractivity (Wildman–Crippen MR) is 105 cm³/mol. The first-order chi connectivity index (χ1) is 12.6. The van der Waals surface area contributed by atoms with Crippen molar-refractivity contribution < 1.29 is 9.59 Å². The Morgan fingerprint density at radius 1 is 1.04 bits per heavy atom. The quantitative estimate of drug-likeness (QED) is 0.765. The molecule has 0 saturated heterocycles. The van der Waals surface area contributed by atoms with Crippen LogP contribution in [0.2, 0.25) is 5.02 Å². The van der Waals surface area contributed by atoms with Crippen LogP contribution >= 0.6 is 11.6 Å². The second-order valence-corrected chi connectivity index (χ2v) is 6.50. The van der Waals surface area contributed by atoms with Crippen LogP contribution in [0.1, 0.15) is 31.4 Å². The molecule has 1 N–H and O–H groups in total. The van der Waals surface area contributed by atoms with E-state index < -0.39 is 6.04 Å². The van der Waals surface area contributed by atoms with Crippen molar-refractivity contribution in [3.05, 3.63) is 70.7 Å². The number of carbonyl (C=O) groups excluding carboxylic acids is 2. The zero-order valence-corrected chi connectivity index (χ0v) is 16.0. The Morgan fingerprint density at radius 2 is 1.69 bits per heavy atom. The first-order valence-corrected chi connectivity index (χ1v) is 9.29. The summed E-state index contributed by atoms with van der Waals surface area (Å²) in [5.41, 5.74) is 1.76. The molecule has 138 valence electrons. The molecule has 2 aromatic carbocycles. The number of nitrogens with zero attached hydrogens (tertiary/aromatic N) is 1. The van der Waals surface area contributed by atoms with Gasteiger partial charge in [0.15, 0.2) is 0 Å². The molecule has 0 radical (unpaired) electrons. The molecule has 0 aliphatic rings. The number of hydrogen-bond donors (Lipinski definition) is 1. The van der Waals surface area contributed by atoms with Gasteiger partial charge in [-0.25, -0.2) is 0 Å². The monoisotopic (exact) mass is 372 g/mol. The largest absolute Gasteiger partial charge is 0.355 e. The van der Waals surface area contributed by atoms with E-state index in [9.17, 15) is 9.59 Å². The number of carbonyl (C=O) groups is 2. The normalized spacial score (nSPS) is 11.7. The number of hydrogen-bond acceptors (Lipinski definition) is 2. The van der Waals surface area contributed by atoms with Gasteiger partial charge in [0.25, 0.3) is 0 Å². The SMILES string of the molecule is CCNC(=O)[C@@H](CC)N(Cc1ccccc1Cl)C(=O)Cc1ccccc1. The number of benzene rings is 2. The summed E-state index contributed by atoms with van der Waals surface area (Å²) in [5, 5.41) is 3.42. The summed E-state index contributed by atoms with van der Waals surface area (Å²) in [4.78, 5) is 27.2. The lowest BCUT2D eigenvalue weighted by molar-refractivity contribution is -0.140. The van der Waals surface area contributed by atoms with E-state index in [1.165, 1.54) is 0 Å². The molecule has 2 amide bonds. The van der Waals surface area contributed by atoms with Crippen LogP contribution in [0.3, 0.4) is 0 Å². The minimum absolute atomic E-state index is 0.0887. The van der Waals surface area contributed by atoms with Crippen molar-refractivity contribution in [1.29, 1.82) is 0 Å². The van der Waals surface area contributed by atoms with Gasteiger partial charge in [-0.2, -0.15) is 0 Å². The lowest BCUT2D eigenvalue weighted by atomic mass is 10.1. The Hall–Kier alpha value is -2.33. The van der Waals surface area contributed by atoms with E-state index in [1.54, 1.807) is 11.0 Å². The topological polar surface area (TPSA) is 49.4 Å². The van der Waals surface area contributed by atoms with Gasteiger partial charge in [0.05, 0.1) is 6.42 Å². The third-order valence-corrected chi connectivity index (χ3v) is 4.60. The van der Waals surface area contributed by atoms with Gasteiger partial charge in [0.2, 0.25) is 11.8 Å². The highest BCUT2D eigenvalue weighted by molar-refractivity contribution is 6.31. The average molecular weight is 373 g/mol. The lowest BCUT2D eigenvalue weighted by Crippen LogP contribution is -2.49. The molecule has 0 aromatic heterocycles. The molecular formula is C21H25ClN2O2. The van der Waals surface area contributed by atoms with Gasteiger partial charge in [-0.15, -0.1) is 0 Å². The second kappa shape index (κ2) is 9.97. The highest BCUT2D eigenvalue weighted by atomic mass is 35.5. The fourth-order valence-electron chi connectivity index (χ4n) is 2.89. The second-order valence-electron chi connectivity index (χ2n) is 6.09. The molecule has 0 aliphatic carbocycles. The van der Waals surface area contributed by atoms with Crippen molar-refractivity contribution in [3.63, 3.8) is 0 Å². The van der Waals surface area contributed by atoms with E-state index in [1.807, 2.05) is 62.4 Å². The summed E-state index contributed by atoms with van der Waals surface area (Å²) in [6.45, 7) is 4.62. The summed E-state index contributed by atoms with van der Waals surface area (Å²) in [6, 6.07) is 16.4. The van der Waals surface area contributed by atoms with E-state index in [4.69, 9.17) is 11.6 Å². The van der Waals surface area contributed by atoms with Gasteiger partial charge in [-0.3, -0.25) is 9.59 Å². The van der Waals surface area contributed by atoms with Crippen LogP contribution < -0.4 is 5.32 Å². The van der Waals surface area contributed by atoms with Crippen LogP contribution in [0.15, 0.2) is 54.6 Å². The van der Waals surface area contributed by atoms with Crippen molar-refractivity contribution in [2.75, 3.05) is 6.54 Å². The Bertz CT molecular complexity index is 734. The van der Waals surface area contributed by atoms with E-state index in [0.717, 1.165) is 11.1 Å². The van der Waals surface area contributed by atoms with Gasteiger partial charge in [0.1, 0.15) is 6.04 Å². The Balaban J connectivity index is 2.28. The van der Waals surface area contributed by atoms with Gasteiger partial charge in [-0.05, 0) is 30.5 Å². The molecule has 0 aliphatic heterocycles. The number of nitrogens with one attached hydrogen (secondary N) is 1. The minimum atomic E-state index is -0.526. The third-order valence-electron chi connectivity index (χ3n) is 4.23. The lowest BCUT2D eigenvalue weighted by Gasteiger charge is -2.31. The Morgan fingerprint density at radius 3 is 2.31 bits per heavy atom. The van der Waals surface area contributed by atoms with Crippen molar-refractivity contribution in [3.8, 4) is 0 Å². The zero-order chi connectivity index (χ0) is 18.9. The smallest absolute Gasteiger partial charge is 0.242 e. The molecule has 26 heavy (non-hydrogen) atoms. The molecule has 0 fully saturated rings. The van der Waals surface area contributed by atoms with Crippen LogP contribution in [-0.2, 0) is 22.6 Å². The molecule has 0 spiro atoms. The van der Waals surface area contributed by atoms with E-state index in [2.05, 4.69) is 5.32 Å². The van der Waals surface area contributed by atoms with E-state index in [-0.39, 0.29) is 18.2 Å². The summed E-state index contributed by atoms with van der Waals surface area (Å²) >= 11 is 6.28. The number of likely N-dealkylation sites (N-methyl/N-ethyl adjacent to an activating group) is 1. The molecule has 5 heteroatoms. The molecular weight excluding hydrogens is 348 g/mol. The molecule has 4 nitrogen and oxygen atoms in total. The fraction of sp³-hybridized carbons (Fsp3) is 0.333. The zero-order valence-electron chi connectivity index (χ0n) is 15.2. The van der Waals surface area contributed by atoms with Crippen LogP contribution in [0, 0.1) is 0 Å². The van der Waals surface area contributed by atoms with Crippen molar-refractivity contribution >= 4 is 23.4 Å². The van der Waals surface area contributed by atoms with Crippen LogP contribution in [0.4, 0.5) is 0 Å². The predicted octanol–water partition coefficient (Wildman–Crippen LogP) is 3.83. The van der Waals surface area contributed by atoms with Gasteiger partial charge < -0.3 is 10.2 Å². The molecule has 2 rings (SSSR count). The summed E-state index contributed by atoms with van der Waals surface area (Å²) in [7, 11) is 0. The summed E-state index contributed by atoms with van der Waals surface area (Å²) < 4.78 is 0.